The molecule has 0 aromatic heterocycles. The Kier molecular flexibility index (Phi) is 5.99. The van der Waals surface area contributed by atoms with Crippen molar-refractivity contribution in [2.24, 2.45) is 5.10 Å². The number of phenols is 1. The number of nitrogens with one attached hydrogen (secondary N) is 1. The summed E-state index contributed by atoms with van der Waals surface area (Å²) in [7, 11) is 1.52. The fraction of sp³-hybridized carbons (Fsp3) is 0.125. The van der Waals surface area contributed by atoms with Crippen LogP contribution in [0.4, 0.5) is 0 Å². The molecular weight excluding hydrogens is 364 g/mol. The lowest BCUT2D eigenvalue weighted by Crippen LogP contribution is -2.24. The van der Waals surface area contributed by atoms with E-state index >= 15 is 0 Å². The number of ether oxygens (including phenoxy) is 2. The fourth-order valence-electron chi connectivity index (χ4n) is 1.67. The molecule has 0 unspecified atom stereocenters. The third-order valence-corrected chi connectivity index (χ3v) is 3.29. The third-order valence-electron chi connectivity index (χ3n) is 2.79. The molecule has 7 heteroatoms. The molecule has 0 aliphatic rings. The van der Waals surface area contributed by atoms with Gasteiger partial charge in [-0.2, -0.15) is 5.10 Å². The lowest BCUT2D eigenvalue weighted by atomic mass is 10.2. The highest BCUT2D eigenvalue weighted by molar-refractivity contribution is 9.10. The van der Waals surface area contributed by atoms with Crippen LogP contribution >= 0.6 is 15.9 Å². The van der Waals surface area contributed by atoms with Crippen LogP contribution in [0.25, 0.3) is 0 Å². The molecule has 120 valence electrons. The largest absolute Gasteiger partial charge is 0.507 e. The molecular formula is C16H15BrN2O4. The smallest absolute Gasteiger partial charge is 0.277 e. The predicted octanol–water partition coefficient (Wildman–Crippen LogP) is 2.69. The summed E-state index contributed by atoms with van der Waals surface area (Å²) in [5.74, 6) is 0.773. The number of hydrogen-bond donors (Lipinski definition) is 2. The van der Waals surface area contributed by atoms with Crippen molar-refractivity contribution in [1.82, 2.24) is 5.43 Å². The Hall–Kier alpha value is -2.54. The first-order valence-electron chi connectivity index (χ1n) is 6.66. The average molecular weight is 379 g/mol. The van der Waals surface area contributed by atoms with Crippen molar-refractivity contribution in [2.75, 3.05) is 13.7 Å². The van der Waals surface area contributed by atoms with Crippen molar-refractivity contribution in [3.05, 3.63) is 52.5 Å². The van der Waals surface area contributed by atoms with Crippen LogP contribution in [0.5, 0.6) is 17.2 Å². The first kappa shape index (κ1) is 16.8. The number of aromatic hydroxyl groups is 1. The number of nitrogens with zero attached hydrogens (tertiary/aromatic N) is 1. The van der Waals surface area contributed by atoms with Gasteiger partial charge in [-0.15, -0.1) is 0 Å². The van der Waals surface area contributed by atoms with Gasteiger partial charge >= 0.3 is 0 Å². The minimum Gasteiger partial charge on any atom is -0.507 e. The van der Waals surface area contributed by atoms with Crippen LogP contribution in [0.2, 0.25) is 0 Å². The van der Waals surface area contributed by atoms with E-state index in [-0.39, 0.29) is 12.4 Å². The van der Waals surface area contributed by atoms with Crippen LogP contribution in [-0.4, -0.2) is 30.9 Å². The fourth-order valence-corrected chi connectivity index (χ4v) is 2.05. The second kappa shape index (κ2) is 8.19. The molecule has 2 N–H and O–H groups in total. The van der Waals surface area contributed by atoms with E-state index in [0.717, 1.165) is 4.47 Å². The zero-order valence-corrected chi connectivity index (χ0v) is 13.9. The molecule has 0 aliphatic heterocycles. The minimum absolute atomic E-state index is 0.0363. The highest BCUT2D eigenvalue weighted by atomic mass is 79.9. The SMILES string of the molecule is COc1ccc(O)c(C=NNC(=O)COc2cccc(Br)c2)c1. The first-order valence-corrected chi connectivity index (χ1v) is 7.45. The van der Waals surface area contributed by atoms with Gasteiger partial charge in [0.25, 0.3) is 5.91 Å². The molecule has 0 aliphatic carbocycles. The van der Waals surface area contributed by atoms with Gasteiger partial charge in [0.15, 0.2) is 6.61 Å². The van der Waals surface area contributed by atoms with Crippen LogP contribution in [-0.2, 0) is 4.79 Å². The molecule has 0 fully saturated rings. The number of methoxy groups -OCH3 is 1. The van der Waals surface area contributed by atoms with Gasteiger partial charge in [0.1, 0.15) is 17.2 Å². The average Bonchev–Trinajstić information content (AvgIpc) is 2.55. The Bertz CT molecular complexity index is 719. The van der Waals surface area contributed by atoms with Crippen LogP contribution < -0.4 is 14.9 Å². The number of hydrazone groups is 1. The zero-order valence-electron chi connectivity index (χ0n) is 12.3. The quantitative estimate of drug-likeness (QED) is 0.598. The van der Waals surface area contributed by atoms with E-state index in [1.54, 1.807) is 30.3 Å². The number of benzene rings is 2. The van der Waals surface area contributed by atoms with Gasteiger partial charge in [0.05, 0.1) is 13.3 Å². The van der Waals surface area contributed by atoms with Crippen LogP contribution in [0.15, 0.2) is 52.0 Å². The first-order chi connectivity index (χ1) is 11.1. The second-order valence-corrected chi connectivity index (χ2v) is 5.38. The molecule has 0 saturated carbocycles. The van der Waals surface area contributed by atoms with E-state index in [9.17, 15) is 9.90 Å². The Labute approximate surface area is 141 Å². The van der Waals surface area contributed by atoms with E-state index in [1.807, 2.05) is 6.07 Å². The van der Waals surface area contributed by atoms with E-state index in [2.05, 4.69) is 26.5 Å². The molecule has 0 spiro atoms. The van der Waals surface area contributed by atoms with Crippen molar-refractivity contribution < 1.29 is 19.4 Å². The van der Waals surface area contributed by atoms with Crippen LogP contribution in [0, 0.1) is 0 Å². The van der Waals surface area contributed by atoms with Crippen molar-refractivity contribution in [1.29, 1.82) is 0 Å². The maximum atomic E-state index is 11.7. The monoisotopic (exact) mass is 378 g/mol. The number of phenolic OH excluding ortho intramolecular Hbond substituents is 1. The summed E-state index contributed by atoms with van der Waals surface area (Å²) in [5.41, 5.74) is 2.75. The molecule has 0 saturated heterocycles. The van der Waals surface area contributed by atoms with Gasteiger partial charge in [-0.3, -0.25) is 4.79 Å². The third kappa shape index (κ3) is 5.30. The van der Waals surface area contributed by atoms with Crippen LogP contribution in [0.1, 0.15) is 5.56 Å². The Morgan fingerprint density at radius 1 is 1.30 bits per heavy atom. The van der Waals surface area contributed by atoms with Crippen molar-refractivity contribution in [2.45, 2.75) is 0 Å². The highest BCUT2D eigenvalue weighted by Gasteiger charge is 2.03. The Morgan fingerprint density at radius 3 is 2.87 bits per heavy atom. The maximum absolute atomic E-state index is 11.7. The minimum atomic E-state index is -0.413. The number of amides is 1. The molecule has 2 aromatic rings. The summed E-state index contributed by atoms with van der Waals surface area (Å²) < 4.78 is 11.2. The van der Waals surface area contributed by atoms with Crippen LogP contribution in [0.3, 0.4) is 0 Å². The van der Waals surface area contributed by atoms with Gasteiger partial charge in [-0.25, -0.2) is 5.43 Å². The summed E-state index contributed by atoms with van der Waals surface area (Å²) in [6, 6.07) is 11.9. The Balaban J connectivity index is 1.86. The number of rotatable bonds is 6. The lowest BCUT2D eigenvalue weighted by molar-refractivity contribution is -0.123. The molecule has 2 aromatic carbocycles. The molecule has 1 amide bonds. The topological polar surface area (TPSA) is 80.2 Å². The number of carbonyl (C=O) groups excluding carboxylic acids is 1. The van der Waals surface area contributed by atoms with Crippen molar-refractivity contribution in [3.63, 3.8) is 0 Å². The van der Waals surface area contributed by atoms with Crippen molar-refractivity contribution >= 4 is 28.1 Å². The van der Waals surface area contributed by atoms with Gasteiger partial charge in [0, 0.05) is 10.0 Å². The standard InChI is InChI=1S/C16H15BrN2O4/c1-22-13-5-6-15(20)11(7-13)9-18-19-16(21)10-23-14-4-2-3-12(17)8-14/h2-9,20H,10H2,1H3,(H,19,21). The molecule has 0 bridgehead atoms. The van der Waals surface area contributed by atoms with E-state index in [1.165, 1.54) is 19.4 Å². The van der Waals surface area contributed by atoms with Gasteiger partial charge in [0.2, 0.25) is 0 Å². The molecule has 2 rings (SSSR count). The Morgan fingerprint density at radius 2 is 2.13 bits per heavy atom. The number of carbonyl (C=O) groups is 1. The maximum Gasteiger partial charge on any atom is 0.277 e. The molecule has 6 nitrogen and oxygen atoms in total. The van der Waals surface area contributed by atoms with E-state index in [0.29, 0.717) is 17.1 Å². The summed E-state index contributed by atoms with van der Waals surface area (Å²) in [5, 5.41) is 13.5. The van der Waals surface area contributed by atoms with Gasteiger partial charge < -0.3 is 14.6 Å². The lowest BCUT2D eigenvalue weighted by Gasteiger charge is -2.05. The van der Waals surface area contributed by atoms with E-state index in [4.69, 9.17) is 9.47 Å². The molecule has 23 heavy (non-hydrogen) atoms. The molecule has 0 heterocycles. The predicted molar refractivity (Wildman–Crippen MR) is 90.0 cm³/mol. The normalized spacial score (nSPS) is 10.5. The molecule has 0 atom stereocenters. The van der Waals surface area contributed by atoms with Gasteiger partial charge in [-0.1, -0.05) is 22.0 Å². The zero-order chi connectivity index (χ0) is 16.7. The summed E-state index contributed by atoms with van der Waals surface area (Å²) in [4.78, 5) is 11.7. The second-order valence-electron chi connectivity index (χ2n) is 4.46. The summed E-state index contributed by atoms with van der Waals surface area (Å²) in [6.45, 7) is -0.169. The summed E-state index contributed by atoms with van der Waals surface area (Å²) >= 11 is 3.32. The molecule has 0 radical (unpaired) electrons. The highest BCUT2D eigenvalue weighted by Crippen LogP contribution is 2.21. The van der Waals surface area contributed by atoms with E-state index < -0.39 is 5.91 Å². The number of halogens is 1. The van der Waals surface area contributed by atoms with Crippen molar-refractivity contribution in [3.8, 4) is 17.2 Å². The van der Waals surface area contributed by atoms with Gasteiger partial charge in [-0.05, 0) is 36.4 Å². The number of hydrogen-bond acceptors (Lipinski definition) is 5. The summed E-state index contributed by atoms with van der Waals surface area (Å²) in [6.07, 6.45) is 1.33.